The average molecular weight is 296 g/mol. The fourth-order valence-electron chi connectivity index (χ4n) is 1.72. The lowest BCUT2D eigenvalue weighted by Gasteiger charge is -2.14. The predicted octanol–water partition coefficient (Wildman–Crippen LogP) is 1.12. The third kappa shape index (κ3) is 5.22. The second kappa shape index (κ2) is 8.60. The van der Waals surface area contributed by atoms with Crippen LogP contribution in [0, 0.1) is 0 Å². The fourth-order valence-corrected chi connectivity index (χ4v) is 2.20. The van der Waals surface area contributed by atoms with Crippen molar-refractivity contribution in [1.29, 1.82) is 0 Å². The Kier molecular flexibility index (Phi) is 7.11. The summed E-state index contributed by atoms with van der Waals surface area (Å²) in [7, 11) is 0. The van der Waals surface area contributed by atoms with Gasteiger partial charge in [0.15, 0.2) is 0 Å². The van der Waals surface area contributed by atoms with Crippen LogP contribution in [0.5, 0.6) is 0 Å². The Bertz CT molecular complexity index is 448. The van der Waals surface area contributed by atoms with Gasteiger partial charge in [0.1, 0.15) is 6.04 Å². The average Bonchev–Trinajstić information content (AvgIpc) is 2.44. The van der Waals surface area contributed by atoms with Crippen molar-refractivity contribution in [2.24, 2.45) is 5.73 Å². The maximum absolute atomic E-state index is 12.0. The number of nitrogens with one attached hydrogen (secondary N) is 1. The van der Waals surface area contributed by atoms with Gasteiger partial charge in [-0.2, -0.15) is 11.8 Å². The van der Waals surface area contributed by atoms with Gasteiger partial charge in [-0.15, -0.1) is 0 Å². The monoisotopic (exact) mass is 296 g/mol. The molecule has 0 aliphatic carbocycles. The van der Waals surface area contributed by atoms with E-state index in [1.54, 1.807) is 23.9 Å². The van der Waals surface area contributed by atoms with Crippen molar-refractivity contribution < 1.29 is 14.7 Å². The normalized spacial score (nSPS) is 11.9. The molecule has 0 aliphatic rings. The molecular formula is C14H20N2O3S. The summed E-state index contributed by atoms with van der Waals surface area (Å²) >= 11 is 1.55. The highest BCUT2D eigenvalue weighted by Crippen LogP contribution is 2.07. The minimum atomic E-state index is -1.01. The van der Waals surface area contributed by atoms with Crippen molar-refractivity contribution in [2.45, 2.75) is 18.9 Å². The van der Waals surface area contributed by atoms with Gasteiger partial charge in [-0.1, -0.05) is 12.1 Å². The number of carbonyl (C=O) groups is 2. The third-order valence-electron chi connectivity index (χ3n) is 2.86. The van der Waals surface area contributed by atoms with Crippen LogP contribution >= 0.6 is 11.8 Å². The van der Waals surface area contributed by atoms with Gasteiger partial charge in [0.05, 0.1) is 0 Å². The van der Waals surface area contributed by atoms with Gasteiger partial charge in [0.25, 0.3) is 5.91 Å². The van der Waals surface area contributed by atoms with E-state index in [1.807, 2.05) is 18.4 Å². The smallest absolute Gasteiger partial charge is 0.326 e. The van der Waals surface area contributed by atoms with Crippen LogP contribution < -0.4 is 11.1 Å². The molecule has 1 rings (SSSR count). The number of benzene rings is 1. The quantitative estimate of drug-likeness (QED) is 0.668. The van der Waals surface area contributed by atoms with Crippen molar-refractivity contribution >= 4 is 23.6 Å². The highest BCUT2D eigenvalue weighted by molar-refractivity contribution is 7.98. The van der Waals surface area contributed by atoms with E-state index in [0.29, 0.717) is 24.3 Å². The Morgan fingerprint density at radius 2 is 2.00 bits per heavy atom. The minimum absolute atomic E-state index is 0.363. The molecule has 0 aromatic heterocycles. The summed E-state index contributed by atoms with van der Waals surface area (Å²) < 4.78 is 0. The van der Waals surface area contributed by atoms with E-state index in [1.165, 1.54) is 0 Å². The zero-order chi connectivity index (χ0) is 15.0. The molecule has 1 aromatic carbocycles. The summed E-state index contributed by atoms with van der Waals surface area (Å²) in [6.07, 6.45) is 3.07. The van der Waals surface area contributed by atoms with Crippen molar-refractivity contribution in [3.63, 3.8) is 0 Å². The SMILES string of the molecule is CSCC[C@@H](NC(=O)c1ccc(CCN)cc1)C(=O)O. The number of hydrogen-bond acceptors (Lipinski definition) is 4. The standard InChI is InChI=1S/C14H20N2O3S/c1-20-9-7-12(14(18)19)16-13(17)11-4-2-10(3-5-11)6-8-15/h2-5,12H,6-9,15H2,1H3,(H,16,17)(H,18,19)/t12-/m1/s1. The van der Waals surface area contributed by atoms with Crippen LogP contribution in [0.4, 0.5) is 0 Å². The molecule has 1 aromatic rings. The molecule has 20 heavy (non-hydrogen) atoms. The van der Waals surface area contributed by atoms with Crippen molar-refractivity contribution in [3.05, 3.63) is 35.4 Å². The van der Waals surface area contributed by atoms with Crippen LogP contribution in [0.1, 0.15) is 22.3 Å². The summed E-state index contributed by atoms with van der Waals surface area (Å²) in [6, 6.07) is 6.19. The summed E-state index contributed by atoms with van der Waals surface area (Å²) in [5.74, 6) is -0.683. The molecule has 6 heteroatoms. The molecule has 0 saturated heterocycles. The molecule has 0 unspecified atom stereocenters. The van der Waals surface area contributed by atoms with Crippen LogP contribution in [-0.4, -0.2) is 41.6 Å². The number of carbonyl (C=O) groups excluding carboxylic acids is 1. The predicted molar refractivity (Wildman–Crippen MR) is 81.1 cm³/mol. The lowest BCUT2D eigenvalue weighted by atomic mass is 10.1. The highest BCUT2D eigenvalue weighted by atomic mass is 32.2. The topological polar surface area (TPSA) is 92.4 Å². The van der Waals surface area contributed by atoms with Crippen molar-refractivity contribution in [1.82, 2.24) is 5.32 Å². The largest absolute Gasteiger partial charge is 0.480 e. The Morgan fingerprint density at radius 1 is 1.35 bits per heavy atom. The molecule has 0 bridgehead atoms. The molecule has 1 atom stereocenters. The van der Waals surface area contributed by atoms with E-state index < -0.39 is 12.0 Å². The Labute approximate surface area is 122 Å². The number of rotatable bonds is 8. The first kappa shape index (κ1) is 16.5. The molecular weight excluding hydrogens is 276 g/mol. The van der Waals surface area contributed by atoms with Crippen molar-refractivity contribution in [3.8, 4) is 0 Å². The number of carboxylic acid groups (broad SMARTS) is 1. The third-order valence-corrected chi connectivity index (χ3v) is 3.51. The van der Waals surface area contributed by atoms with Gasteiger partial charge in [-0.3, -0.25) is 4.79 Å². The zero-order valence-electron chi connectivity index (χ0n) is 11.5. The molecule has 0 heterocycles. The van der Waals surface area contributed by atoms with Gasteiger partial charge >= 0.3 is 5.97 Å². The Morgan fingerprint density at radius 3 is 2.50 bits per heavy atom. The van der Waals surface area contributed by atoms with E-state index >= 15 is 0 Å². The zero-order valence-corrected chi connectivity index (χ0v) is 12.3. The molecule has 110 valence electrons. The summed E-state index contributed by atoms with van der Waals surface area (Å²) in [5, 5.41) is 11.6. The summed E-state index contributed by atoms with van der Waals surface area (Å²) in [4.78, 5) is 23.1. The first-order valence-corrected chi connectivity index (χ1v) is 7.79. The van der Waals surface area contributed by atoms with Crippen LogP contribution in [0.2, 0.25) is 0 Å². The van der Waals surface area contributed by atoms with Gasteiger partial charge in [0.2, 0.25) is 0 Å². The van der Waals surface area contributed by atoms with Gasteiger partial charge in [-0.05, 0) is 49.1 Å². The molecule has 5 nitrogen and oxygen atoms in total. The Balaban J connectivity index is 2.65. The second-order valence-corrected chi connectivity index (χ2v) is 5.37. The summed E-state index contributed by atoms with van der Waals surface area (Å²) in [6.45, 7) is 0.557. The fraction of sp³-hybridized carbons (Fsp3) is 0.429. The van der Waals surface area contributed by atoms with Crippen LogP contribution in [0.3, 0.4) is 0 Å². The lowest BCUT2D eigenvalue weighted by molar-refractivity contribution is -0.139. The number of nitrogens with two attached hydrogens (primary N) is 1. The van der Waals surface area contributed by atoms with E-state index in [9.17, 15) is 9.59 Å². The first-order chi connectivity index (χ1) is 9.58. The first-order valence-electron chi connectivity index (χ1n) is 6.40. The van der Waals surface area contributed by atoms with E-state index in [4.69, 9.17) is 10.8 Å². The molecule has 0 saturated carbocycles. The number of amides is 1. The number of aliphatic carboxylic acids is 1. The van der Waals surface area contributed by atoms with Crippen LogP contribution in [0.15, 0.2) is 24.3 Å². The number of thioether (sulfide) groups is 1. The molecule has 0 fully saturated rings. The maximum atomic E-state index is 12.0. The van der Waals surface area contributed by atoms with E-state index in [2.05, 4.69) is 5.32 Å². The number of hydrogen-bond donors (Lipinski definition) is 3. The highest BCUT2D eigenvalue weighted by Gasteiger charge is 2.19. The summed E-state index contributed by atoms with van der Waals surface area (Å²) in [5.41, 5.74) is 6.97. The van der Waals surface area contributed by atoms with Gasteiger partial charge < -0.3 is 16.2 Å². The van der Waals surface area contributed by atoms with Crippen molar-refractivity contribution in [2.75, 3.05) is 18.6 Å². The van der Waals surface area contributed by atoms with E-state index in [0.717, 1.165) is 12.0 Å². The molecule has 0 spiro atoms. The van der Waals surface area contributed by atoms with Crippen LogP contribution in [0.25, 0.3) is 0 Å². The molecule has 4 N–H and O–H groups in total. The second-order valence-electron chi connectivity index (χ2n) is 4.38. The van der Waals surface area contributed by atoms with E-state index in [-0.39, 0.29) is 5.91 Å². The lowest BCUT2D eigenvalue weighted by Crippen LogP contribution is -2.41. The Hall–Kier alpha value is -1.53. The molecule has 1 amide bonds. The minimum Gasteiger partial charge on any atom is -0.480 e. The van der Waals surface area contributed by atoms with Gasteiger partial charge in [0, 0.05) is 5.56 Å². The van der Waals surface area contributed by atoms with Crippen LogP contribution in [-0.2, 0) is 11.2 Å². The van der Waals surface area contributed by atoms with Gasteiger partial charge in [-0.25, -0.2) is 4.79 Å². The molecule has 0 radical (unpaired) electrons. The number of carboxylic acids is 1. The molecule has 0 aliphatic heterocycles. The maximum Gasteiger partial charge on any atom is 0.326 e.